The third kappa shape index (κ3) is 5.39. The van der Waals surface area contributed by atoms with Crippen molar-refractivity contribution in [2.75, 3.05) is 20.8 Å². The van der Waals surface area contributed by atoms with Crippen LogP contribution >= 0.6 is 11.6 Å². The zero-order chi connectivity index (χ0) is 18.2. The second-order valence-corrected chi connectivity index (χ2v) is 5.54. The van der Waals surface area contributed by atoms with E-state index in [-0.39, 0.29) is 12.5 Å². The number of benzene rings is 2. The second kappa shape index (κ2) is 8.94. The van der Waals surface area contributed by atoms with E-state index in [4.69, 9.17) is 25.8 Å². The fraction of sp³-hybridized carbons (Fsp3) is 0.222. The topological polar surface area (TPSA) is 69.2 Å². The monoisotopic (exact) mass is 362 g/mol. The minimum atomic E-state index is -0.382. The van der Waals surface area contributed by atoms with E-state index < -0.39 is 0 Å². The van der Waals surface area contributed by atoms with Gasteiger partial charge in [-0.25, -0.2) is 5.43 Å². The van der Waals surface area contributed by atoms with Crippen molar-refractivity contribution in [3.8, 4) is 17.2 Å². The lowest BCUT2D eigenvalue weighted by Gasteiger charge is -2.08. The number of carbonyl (C=O) groups excluding carboxylic acids is 1. The number of nitrogens with one attached hydrogen (secondary N) is 1. The Hall–Kier alpha value is -2.73. The Morgan fingerprint density at radius 3 is 2.60 bits per heavy atom. The number of ether oxygens (including phenoxy) is 3. The summed E-state index contributed by atoms with van der Waals surface area (Å²) in [5, 5.41) is 4.53. The normalized spacial score (nSPS) is 10.6. The molecule has 1 N–H and O–H groups in total. The minimum Gasteiger partial charge on any atom is -0.497 e. The lowest BCUT2D eigenvalue weighted by atomic mass is 10.2. The highest BCUT2D eigenvalue weighted by Gasteiger charge is 2.06. The number of hydrazone groups is 1. The van der Waals surface area contributed by atoms with E-state index in [9.17, 15) is 4.79 Å². The van der Waals surface area contributed by atoms with Gasteiger partial charge in [-0.05, 0) is 48.9 Å². The van der Waals surface area contributed by atoms with Crippen LogP contribution in [0.3, 0.4) is 0 Å². The first-order valence-corrected chi connectivity index (χ1v) is 7.84. The van der Waals surface area contributed by atoms with E-state index in [0.717, 1.165) is 5.56 Å². The Balaban J connectivity index is 1.92. The number of aryl methyl sites for hydroxylation is 1. The number of hydrogen-bond acceptors (Lipinski definition) is 5. The predicted octanol–water partition coefficient (Wildman–Crippen LogP) is 3.19. The van der Waals surface area contributed by atoms with Crippen LogP contribution in [-0.2, 0) is 4.79 Å². The van der Waals surface area contributed by atoms with E-state index in [2.05, 4.69) is 10.5 Å². The SMILES string of the molecule is COc1ccc(OC)c(/C=N\NC(=O)COc2ccc(Cl)cc2C)c1. The molecule has 0 fully saturated rings. The van der Waals surface area contributed by atoms with Crippen LogP contribution in [0.5, 0.6) is 17.2 Å². The summed E-state index contributed by atoms with van der Waals surface area (Å²) >= 11 is 5.88. The average Bonchev–Trinajstić information content (AvgIpc) is 2.60. The molecule has 2 aromatic rings. The van der Waals surface area contributed by atoms with Crippen molar-refractivity contribution < 1.29 is 19.0 Å². The molecule has 0 aliphatic heterocycles. The van der Waals surface area contributed by atoms with Crippen molar-refractivity contribution in [3.05, 3.63) is 52.5 Å². The number of amides is 1. The molecule has 0 heterocycles. The molecule has 0 aliphatic carbocycles. The van der Waals surface area contributed by atoms with Gasteiger partial charge < -0.3 is 14.2 Å². The summed E-state index contributed by atoms with van der Waals surface area (Å²) in [7, 11) is 3.13. The van der Waals surface area contributed by atoms with E-state index >= 15 is 0 Å². The van der Waals surface area contributed by atoms with Crippen molar-refractivity contribution in [2.24, 2.45) is 5.10 Å². The fourth-order valence-corrected chi connectivity index (χ4v) is 2.29. The summed E-state index contributed by atoms with van der Waals surface area (Å²) in [5.74, 6) is 1.49. The van der Waals surface area contributed by atoms with Crippen LogP contribution < -0.4 is 19.6 Å². The Morgan fingerprint density at radius 2 is 1.92 bits per heavy atom. The molecular weight excluding hydrogens is 344 g/mol. The smallest absolute Gasteiger partial charge is 0.277 e. The molecule has 0 unspecified atom stereocenters. The van der Waals surface area contributed by atoms with Gasteiger partial charge in [-0.15, -0.1) is 0 Å². The lowest BCUT2D eigenvalue weighted by molar-refractivity contribution is -0.123. The first-order chi connectivity index (χ1) is 12.0. The van der Waals surface area contributed by atoms with Crippen LogP contribution in [0.25, 0.3) is 0 Å². The van der Waals surface area contributed by atoms with Gasteiger partial charge in [0.05, 0.1) is 20.4 Å². The second-order valence-electron chi connectivity index (χ2n) is 5.10. The predicted molar refractivity (Wildman–Crippen MR) is 97.0 cm³/mol. The molecule has 6 nitrogen and oxygen atoms in total. The highest BCUT2D eigenvalue weighted by atomic mass is 35.5. The molecule has 0 atom stereocenters. The summed E-state index contributed by atoms with van der Waals surface area (Å²) < 4.78 is 15.8. The molecule has 0 spiro atoms. The fourth-order valence-electron chi connectivity index (χ4n) is 2.06. The number of methoxy groups -OCH3 is 2. The van der Waals surface area contributed by atoms with Gasteiger partial charge in [0.2, 0.25) is 0 Å². The summed E-state index contributed by atoms with van der Waals surface area (Å²) in [4.78, 5) is 11.8. The number of nitrogens with zero attached hydrogens (tertiary/aromatic N) is 1. The molecule has 0 saturated heterocycles. The van der Waals surface area contributed by atoms with Crippen molar-refractivity contribution in [1.82, 2.24) is 5.43 Å². The van der Waals surface area contributed by atoms with E-state index in [1.165, 1.54) is 6.21 Å². The van der Waals surface area contributed by atoms with Crippen molar-refractivity contribution >= 4 is 23.7 Å². The molecule has 132 valence electrons. The Bertz CT molecular complexity index is 778. The van der Waals surface area contributed by atoms with Crippen LogP contribution in [-0.4, -0.2) is 32.9 Å². The van der Waals surface area contributed by atoms with Crippen LogP contribution in [0.15, 0.2) is 41.5 Å². The van der Waals surface area contributed by atoms with Crippen LogP contribution in [0.4, 0.5) is 0 Å². The molecule has 2 aromatic carbocycles. The van der Waals surface area contributed by atoms with Crippen molar-refractivity contribution in [1.29, 1.82) is 0 Å². The summed E-state index contributed by atoms with van der Waals surface area (Å²) in [6.45, 7) is 1.70. The minimum absolute atomic E-state index is 0.158. The number of carbonyl (C=O) groups is 1. The molecule has 0 radical (unpaired) electrons. The van der Waals surface area contributed by atoms with Crippen LogP contribution in [0, 0.1) is 6.92 Å². The van der Waals surface area contributed by atoms with Gasteiger partial charge in [-0.2, -0.15) is 5.10 Å². The lowest BCUT2D eigenvalue weighted by Crippen LogP contribution is -2.24. The highest BCUT2D eigenvalue weighted by molar-refractivity contribution is 6.30. The van der Waals surface area contributed by atoms with Gasteiger partial charge >= 0.3 is 0 Å². The van der Waals surface area contributed by atoms with E-state index in [0.29, 0.717) is 27.8 Å². The van der Waals surface area contributed by atoms with Gasteiger partial charge in [-0.1, -0.05) is 11.6 Å². The largest absolute Gasteiger partial charge is 0.497 e. The van der Waals surface area contributed by atoms with Gasteiger partial charge in [0.1, 0.15) is 17.2 Å². The molecule has 0 saturated carbocycles. The zero-order valence-corrected chi connectivity index (χ0v) is 15.0. The van der Waals surface area contributed by atoms with E-state index in [1.54, 1.807) is 50.6 Å². The molecule has 7 heteroatoms. The van der Waals surface area contributed by atoms with E-state index in [1.807, 2.05) is 6.92 Å². The average molecular weight is 363 g/mol. The van der Waals surface area contributed by atoms with Gasteiger partial charge in [0.15, 0.2) is 6.61 Å². The van der Waals surface area contributed by atoms with Gasteiger partial charge in [-0.3, -0.25) is 4.79 Å². The number of halogens is 1. The third-order valence-corrected chi connectivity index (χ3v) is 3.56. The molecule has 2 rings (SSSR count). The summed E-state index contributed by atoms with van der Waals surface area (Å²) in [5.41, 5.74) is 3.93. The Morgan fingerprint density at radius 1 is 1.16 bits per heavy atom. The first kappa shape index (κ1) is 18.6. The molecule has 0 aromatic heterocycles. The molecule has 1 amide bonds. The molecule has 0 bridgehead atoms. The van der Waals surface area contributed by atoms with Crippen LogP contribution in [0.2, 0.25) is 5.02 Å². The Labute approximate surface area is 151 Å². The van der Waals surface area contributed by atoms with Gasteiger partial charge in [0, 0.05) is 10.6 Å². The number of hydrogen-bond donors (Lipinski definition) is 1. The Kier molecular flexibility index (Phi) is 6.65. The number of rotatable bonds is 7. The maximum Gasteiger partial charge on any atom is 0.277 e. The van der Waals surface area contributed by atoms with Crippen molar-refractivity contribution in [3.63, 3.8) is 0 Å². The molecular formula is C18H19ClN2O4. The maximum absolute atomic E-state index is 11.8. The van der Waals surface area contributed by atoms with Gasteiger partial charge in [0.25, 0.3) is 5.91 Å². The zero-order valence-electron chi connectivity index (χ0n) is 14.2. The molecule has 0 aliphatic rings. The van der Waals surface area contributed by atoms with Crippen molar-refractivity contribution in [2.45, 2.75) is 6.92 Å². The summed E-state index contributed by atoms with van der Waals surface area (Å²) in [6, 6.07) is 10.5. The summed E-state index contributed by atoms with van der Waals surface area (Å²) in [6.07, 6.45) is 1.48. The molecule has 25 heavy (non-hydrogen) atoms. The van der Waals surface area contributed by atoms with Crippen LogP contribution in [0.1, 0.15) is 11.1 Å². The highest BCUT2D eigenvalue weighted by Crippen LogP contribution is 2.22. The third-order valence-electron chi connectivity index (χ3n) is 3.33. The quantitative estimate of drug-likeness (QED) is 0.606. The standard InChI is InChI=1S/C18H19ClN2O4/c1-12-8-14(19)4-6-16(12)25-11-18(22)21-20-10-13-9-15(23-2)5-7-17(13)24-3/h4-10H,11H2,1-3H3,(H,21,22)/b20-10-. The maximum atomic E-state index is 11.8. The first-order valence-electron chi connectivity index (χ1n) is 7.46.